The molecule has 1 unspecified atom stereocenters. The Hall–Kier alpha value is -2.15. The summed E-state index contributed by atoms with van der Waals surface area (Å²) in [5.41, 5.74) is 1.00. The molecule has 0 aliphatic carbocycles. The first-order valence-corrected chi connectivity index (χ1v) is 7.88. The molecule has 6 heteroatoms. The van der Waals surface area contributed by atoms with Crippen molar-refractivity contribution in [2.24, 2.45) is 0 Å². The minimum atomic E-state index is -1.50. The molecule has 0 saturated carbocycles. The van der Waals surface area contributed by atoms with Gasteiger partial charge in [-0.2, -0.15) is 5.48 Å². The molecule has 2 aromatic carbocycles. The molecule has 1 amide bonds. The van der Waals surface area contributed by atoms with E-state index in [0.717, 1.165) is 9.79 Å². The predicted octanol–water partition coefficient (Wildman–Crippen LogP) is 2.69. The number of likely N-dealkylation sites (N-methyl/N-ethyl adjacent to an activating group) is 1. The second kappa shape index (κ2) is 7.41. The molecule has 23 heavy (non-hydrogen) atoms. The first-order chi connectivity index (χ1) is 11.0. The normalized spacial score (nSPS) is 13.2. The molecule has 0 radical (unpaired) electrons. The molecule has 0 bridgehead atoms. The highest BCUT2D eigenvalue weighted by atomic mass is 32.2. The van der Waals surface area contributed by atoms with Gasteiger partial charge < -0.3 is 15.9 Å². The molecule has 0 fully saturated rings. The average molecular weight is 329 g/mol. The van der Waals surface area contributed by atoms with Crippen LogP contribution >= 0.6 is 11.8 Å². The SMILES string of the molecule is CNC(=O)C(C)(NO)C(=N)c1ccc(Sc2ccccc2)cc1. The van der Waals surface area contributed by atoms with Crippen LogP contribution in [0.25, 0.3) is 0 Å². The van der Waals surface area contributed by atoms with Gasteiger partial charge in [-0.25, -0.2) is 0 Å². The van der Waals surface area contributed by atoms with E-state index in [-0.39, 0.29) is 5.71 Å². The van der Waals surface area contributed by atoms with Crippen molar-refractivity contribution in [1.82, 2.24) is 10.8 Å². The highest BCUT2D eigenvalue weighted by Crippen LogP contribution is 2.28. The number of rotatable bonds is 6. The summed E-state index contributed by atoms with van der Waals surface area (Å²) < 4.78 is 0. The maximum Gasteiger partial charge on any atom is 0.248 e. The molecular weight excluding hydrogens is 310 g/mol. The Bertz CT molecular complexity index is 689. The summed E-state index contributed by atoms with van der Waals surface area (Å²) in [6, 6.07) is 17.3. The first kappa shape index (κ1) is 17.2. The summed E-state index contributed by atoms with van der Waals surface area (Å²) in [6.45, 7) is 1.46. The third-order valence-corrected chi connectivity index (χ3v) is 4.54. The van der Waals surface area contributed by atoms with Crippen molar-refractivity contribution in [3.8, 4) is 0 Å². The summed E-state index contributed by atoms with van der Waals surface area (Å²) in [4.78, 5) is 14.1. The number of carbonyl (C=O) groups excluding carboxylic acids is 1. The van der Waals surface area contributed by atoms with Crippen molar-refractivity contribution in [2.75, 3.05) is 7.05 Å². The summed E-state index contributed by atoms with van der Waals surface area (Å²) in [7, 11) is 1.46. The van der Waals surface area contributed by atoms with E-state index in [1.165, 1.54) is 14.0 Å². The number of carbonyl (C=O) groups is 1. The van der Waals surface area contributed by atoms with Crippen LogP contribution in [0.3, 0.4) is 0 Å². The van der Waals surface area contributed by atoms with Gasteiger partial charge in [0.2, 0.25) is 5.91 Å². The fourth-order valence-electron chi connectivity index (χ4n) is 2.07. The number of hydrogen-bond donors (Lipinski definition) is 4. The fraction of sp³-hybridized carbons (Fsp3) is 0.176. The lowest BCUT2D eigenvalue weighted by Gasteiger charge is -2.26. The Balaban J connectivity index is 2.18. The van der Waals surface area contributed by atoms with Gasteiger partial charge in [0.15, 0.2) is 5.54 Å². The Morgan fingerprint density at radius 2 is 1.65 bits per heavy atom. The topological polar surface area (TPSA) is 85.2 Å². The summed E-state index contributed by atoms with van der Waals surface area (Å²) in [5.74, 6) is -0.479. The van der Waals surface area contributed by atoms with Crippen LogP contribution in [0, 0.1) is 5.41 Å². The van der Waals surface area contributed by atoms with E-state index in [2.05, 4.69) is 5.32 Å². The maximum atomic E-state index is 11.9. The van der Waals surface area contributed by atoms with E-state index >= 15 is 0 Å². The third-order valence-electron chi connectivity index (χ3n) is 3.53. The van der Waals surface area contributed by atoms with Crippen molar-refractivity contribution in [3.05, 3.63) is 60.2 Å². The highest BCUT2D eigenvalue weighted by Gasteiger charge is 2.37. The molecule has 5 nitrogen and oxygen atoms in total. The van der Waals surface area contributed by atoms with Gasteiger partial charge in [-0.3, -0.25) is 4.79 Å². The van der Waals surface area contributed by atoms with Crippen LogP contribution in [0.4, 0.5) is 0 Å². The average Bonchev–Trinajstić information content (AvgIpc) is 2.61. The van der Waals surface area contributed by atoms with E-state index in [0.29, 0.717) is 5.56 Å². The highest BCUT2D eigenvalue weighted by molar-refractivity contribution is 7.99. The number of hydrogen-bond acceptors (Lipinski definition) is 5. The van der Waals surface area contributed by atoms with Gasteiger partial charge in [-0.15, -0.1) is 0 Å². The quantitative estimate of drug-likeness (QED) is 0.485. The van der Waals surface area contributed by atoms with Crippen molar-refractivity contribution in [2.45, 2.75) is 22.3 Å². The second-order valence-electron chi connectivity index (χ2n) is 5.13. The number of hydroxylamine groups is 1. The molecule has 4 N–H and O–H groups in total. The van der Waals surface area contributed by atoms with Crippen LogP contribution < -0.4 is 10.8 Å². The fourth-order valence-corrected chi connectivity index (χ4v) is 2.91. The molecular formula is C17H19N3O2S. The van der Waals surface area contributed by atoms with Crippen LogP contribution in [0.15, 0.2) is 64.4 Å². The molecule has 1 atom stereocenters. The third kappa shape index (κ3) is 3.79. The van der Waals surface area contributed by atoms with Gasteiger partial charge in [0.25, 0.3) is 0 Å². The molecule has 0 heterocycles. The van der Waals surface area contributed by atoms with Crippen molar-refractivity contribution >= 4 is 23.4 Å². The number of benzene rings is 2. The molecule has 0 saturated heterocycles. The van der Waals surface area contributed by atoms with Gasteiger partial charge in [-0.05, 0) is 36.8 Å². The summed E-state index contributed by atoms with van der Waals surface area (Å²) in [6.07, 6.45) is 0. The summed E-state index contributed by atoms with van der Waals surface area (Å²) >= 11 is 1.62. The van der Waals surface area contributed by atoms with Gasteiger partial charge in [0.1, 0.15) is 0 Å². The minimum Gasteiger partial charge on any atom is -0.357 e. The van der Waals surface area contributed by atoms with E-state index < -0.39 is 11.4 Å². The molecule has 120 valence electrons. The smallest absolute Gasteiger partial charge is 0.248 e. The van der Waals surface area contributed by atoms with Crippen LogP contribution in [-0.2, 0) is 4.79 Å². The van der Waals surface area contributed by atoms with E-state index in [9.17, 15) is 10.0 Å². The van der Waals surface area contributed by atoms with Crippen molar-refractivity contribution in [3.63, 3.8) is 0 Å². The van der Waals surface area contributed by atoms with Crippen molar-refractivity contribution in [1.29, 1.82) is 5.41 Å². The molecule has 0 aromatic heterocycles. The zero-order valence-electron chi connectivity index (χ0n) is 13.0. The van der Waals surface area contributed by atoms with Crippen LogP contribution in [0.5, 0.6) is 0 Å². The Morgan fingerprint density at radius 1 is 1.09 bits per heavy atom. The van der Waals surface area contributed by atoms with E-state index in [4.69, 9.17) is 5.41 Å². The lowest BCUT2D eigenvalue weighted by atomic mass is 9.90. The van der Waals surface area contributed by atoms with Crippen LogP contribution in [0.2, 0.25) is 0 Å². The zero-order chi connectivity index (χ0) is 16.9. The van der Waals surface area contributed by atoms with Gasteiger partial charge in [0.05, 0.1) is 5.71 Å². The predicted molar refractivity (Wildman–Crippen MR) is 91.2 cm³/mol. The first-order valence-electron chi connectivity index (χ1n) is 7.07. The lowest BCUT2D eigenvalue weighted by Crippen LogP contribution is -2.58. The van der Waals surface area contributed by atoms with E-state index in [1.54, 1.807) is 23.9 Å². The summed E-state index contributed by atoms with van der Waals surface area (Å²) in [5, 5.41) is 20.0. The Kier molecular flexibility index (Phi) is 5.54. The largest absolute Gasteiger partial charge is 0.357 e. The zero-order valence-corrected chi connectivity index (χ0v) is 13.8. The molecule has 2 rings (SSSR count). The maximum absolute atomic E-state index is 11.9. The monoisotopic (exact) mass is 329 g/mol. The molecule has 2 aromatic rings. The standard InChI is InChI=1S/C17H19N3O2S/c1-17(20-22,16(21)19-2)15(18)12-8-10-14(11-9-12)23-13-6-4-3-5-7-13/h3-11,18,20,22H,1-2H3,(H,19,21). The Labute approximate surface area is 139 Å². The molecule has 0 aliphatic heterocycles. The number of amides is 1. The van der Waals surface area contributed by atoms with Gasteiger partial charge in [0, 0.05) is 16.8 Å². The van der Waals surface area contributed by atoms with Gasteiger partial charge >= 0.3 is 0 Å². The second-order valence-corrected chi connectivity index (χ2v) is 6.28. The van der Waals surface area contributed by atoms with Crippen LogP contribution in [0.1, 0.15) is 12.5 Å². The molecule has 0 aliphatic rings. The van der Waals surface area contributed by atoms with E-state index in [1.807, 2.05) is 47.9 Å². The number of nitrogens with one attached hydrogen (secondary N) is 3. The van der Waals surface area contributed by atoms with Crippen LogP contribution in [-0.4, -0.2) is 29.4 Å². The molecule has 0 spiro atoms. The Morgan fingerprint density at radius 3 is 2.17 bits per heavy atom. The van der Waals surface area contributed by atoms with Crippen molar-refractivity contribution < 1.29 is 10.0 Å². The van der Waals surface area contributed by atoms with Gasteiger partial charge in [-0.1, -0.05) is 42.1 Å². The lowest BCUT2D eigenvalue weighted by molar-refractivity contribution is -0.127. The minimum absolute atomic E-state index is 0.00406.